The molecule has 4 heterocycles. The van der Waals surface area contributed by atoms with E-state index in [9.17, 15) is 13.6 Å². The predicted octanol–water partition coefficient (Wildman–Crippen LogP) is 2.61. The average Bonchev–Trinajstić information content (AvgIpc) is 2.97. The van der Waals surface area contributed by atoms with Gasteiger partial charge in [0, 0.05) is 23.0 Å². The van der Waals surface area contributed by atoms with Crippen molar-refractivity contribution in [1.29, 1.82) is 0 Å². The Morgan fingerprint density at radius 2 is 2.00 bits per heavy atom. The van der Waals surface area contributed by atoms with Crippen LogP contribution in [-0.2, 0) is 0 Å². The molecule has 0 aromatic carbocycles. The molecular weight excluding hydrogens is 368 g/mol. The number of anilines is 2. The first-order chi connectivity index (χ1) is 13.4. The van der Waals surface area contributed by atoms with Gasteiger partial charge in [-0.2, -0.15) is 4.39 Å². The molecule has 0 saturated heterocycles. The molecule has 140 valence electrons. The summed E-state index contributed by atoms with van der Waals surface area (Å²) < 4.78 is 27.8. The third-order valence-corrected chi connectivity index (χ3v) is 4.11. The molecule has 0 bridgehead atoms. The Bertz CT molecular complexity index is 1220. The van der Waals surface area contributed by atoms with Crippen LogP contribution in [0.1, 0.15) is 16.1 Å². The van der Waals surface area contributed by atoms with Gasteiger partial charge in [0.15, 0.2) is 17.3 Å². The number of nitrogens with zero attached hydrogens (tertiary/aromatic N) is 5. The topological polar surface area (TPSA) is 111 Å². The van der Waals surface area contributed by atoms with Crippen LogP contribution in [0.15, 0.2) is 43.0 Å². The van der Waals surface area contributed by atoms with E-state index in [2.05, 4.69) is 25.4 Å². The summed E-state index contributed by atoms with van der Waals surface area (Å²) in [4.78, 5) is 24.5. The Balaban J connectivity index is 1.75. The zero-order valence-corrected chi connectivity index (χ0v) is 14.5. The molecule has 4 aromatic rings. The van der Waals surface area contributed by atoms with E-state index in [-0.39, 0.29) is 17.0 Å². The molecule has 0 aliphatic heterocycles. The number of nitrogens with one attached hydrogen (secondary N) is 1. The molecule has 0 aliphatic carbocycles. The molecule has 0 spiro atoms. The average molecular weight is 381 g/mol. The number of pyridine rings is 2. The lowest BCUT2D eigenvalue weighted by Crippen LogP contribution is -2.15. The quantitative estimate of drug-likeness (QED) is 0.528. The SMILES string of the molecule is Cc1nc(F)ccc1-c1ccncc1NC(=O)c1c(N)nn2cc(F)cnc12. The van der Waals surface area contributed by atoms with Crippen molar-refractivity contribution in [3.63, 3.8) is 0 Å². The van der Waals surface area contributed by atoms with Crippen molar-refractivity contribution in [1.82, 2.24) is 24.6 Å². The molecule has 0 unspecified atom stereocenters. The van der Waals surface area contributed by atoms with E-state index in [1.807, 2.05) is 0 Å². The summed E-state index contributed by atoms with van der Waals surface area (Å²) in [6.45, 7) is 1.66. The van der Waals surface area contributed by atoms with E-state index in [1.165, 1.54) is 12.3 Å². The Hall–Kier alpha value is -3.95. The Kier molecular flexibility index (Phi) is 4.15. The monoisotopic (exact) mass is 381 g/mol. The van der Waals surface area contributed by atoms with Gasteiger partial charge in [-0.3, -0.25) is 9.78 Å². The van der Waals surface area contributed by atoms with E-state index in [1.54, 1.807) is 25.3 Å². The van der Waals surface area contributed by atoms with Gasteiger partial charge in [-0.1, -0.05) is 0 Å². The number of aromatic nitrogens is 5. The molecule has 0 aliphatic rings. The third kappa shape index (κ3) is 3.00. The maximum Gasteiger partial charge on any atom is 0.263 e. The zero-order chi connectivity index (χ0) is 19.8. The van der Waals surface area contributed by atoms with Crippen molar-refractivity contribution in [2.24, 2.45) is 0 Å². The van der Waals surface area contributed by atoms with E-state index in [0.717, 1.165) is 16.9 Å². The maximum absolute atomic E-state index is 13.3. The van der Waals surface area contributed by atoms with Crippen LogP contribution in [-0.4, -0.2) is 30.5 Å². The summed E-state index contributed by atoms with van der Waals surface area (Å²) >= 11 is 0. The predicted molar refractivity (Wildman–Crippen MR) is 97.5 cm³/mol. The van der Waals surface area contributed by atoms with Crippen molar-refractivity contribution in [3.05, 3.63) is 66.0 Å². The highest BCUT2D eigenvalue weighted by molar-refractivity contribution is 6.12. The number of aryl methyl sites for hydroxylation is 1. The van der Waals surface area contributed by atoms with Gasteiger partial charge >= 0.3 is 0 Å². The second-order valence-corrected chi connectivity index (χ2v) is 5.94. The zero-order valence-electron chi connectivity index (χ0n) is 14.5. The van der Waals surface area contributed by atoms with Gasteiger partial charge in [0.25, 0.3) is 5.91 Å². The summed E-state index contributed by atoms with van der Waals surface area (Å²) in [7, 11) is 0. The first-order valence-electron chi connectivity index (χ1n) is 8.12. The number of nitrogens with two attached hydrogens (primary N) is 1. The molecule has 10 heteroatoms. The van der Waals surface area contributed by atoms with Gasteiger partial charge in [0.2, 0.25) is 5.95 Å². The lowest BCUT2D eigenvalue weighted by atomic mass is 10.0. The Morgan fingerprint density at radius 3 is 2.79 bits per heavy atom. The summed E-state index contributed by atoms with van der Waals surface area (Å²) in [5, 5.41) is 6.62. The van der Waals surface area contributed by atoms with Crippen molar-refractivity contribution in [3.8, 4) is 11.1 Å². The van der Waals surface area contributed by atoms with Crippen molar-refractivity contribution >= 4 is 23.1 Å². The fourth-order valence-corrected chi connectivity index (χ4v) is 2.88. The van der Waals surface area contributed by atoms with Crippen molar-refractivity contribution in [2.45, 2.75) is 6.92 Å². The maximum atomic E-state index is 13.3. The normalized spacial score (nSPS) is 11.0. The standard InChI is InChI=1S/C18H13F2N7O/c1-9-11(2-3-14(20)24-9)12-4-5-22-7-13(12)25-18(28)15-16(21)26-27-8-10(19)6-23-17(15)27/h2-8H,1H3,(H2,21,26)(H,25,28). The molecule has 4 aromatic heterocycles. The Labute approximate surface area is 157 Å². The number of hydrogen-bond acceptors (Lipinski definition) is 6. The summed E-state index contributed by atoms with van der Waals surface area (Å²) in [6.07, 6.45) is 5.03. The van der Waals surface area contributed by atoms with Crippen LogP contribution >= 0.6 is 0 Å². The summed E-state index contributed by atoms with van der Waals surface area (Å²) in [5.41, 5.74) is 7.99. The first kappa shape index (κ1) is 17.5. The lowest BCUT2D eigenvalue weighted by molar-refractivity contribution is 0.102. The van der Waals surface area contributed by atoms with E-state index in [0.29, 0.717) is 22.5 Å². The Morgan fingerprint density at radius 1 is 1.18 bits per heavy atom. The number of hydrogen-bond donors (Lipinski definition) is 2. The molecule has 1 amide bonds. The minimum Gasteiger partial charge on any atom is -0.381 e. The van der Waals surface area contributed by atoms with Crippen LogP contribution in [0.3, 0.4) is 0 Å². The molecule has 8 nitrogen and oxygen atoms in total. The van der Waals surface area contributed by atoms with Crippen LogP contribution in [0.25, 0.3) is 16.8 Å². The summed E-state index contributed by atoms with van der Waals surface area (Å²) in [6, 6.07) is 4.47. The molecule has 28 heavy (non-hydrogen) atoms. The smallest absolute Gasteiger partial charge is 0.263 e. The van der Waals surface area contributed by atoms with Gasteiger partial charge in [0.05, 0.1) is 24.3 Å². The third-order valence-electron chi connectivity index (χ3n) is 4.11. The molecular formula is C18H13F2N7O. The molecule has 0 fully saturated rings. The van der Waals surface area contributed by atoms with Crippen LogP contribution in [0.5, 0.6) is 0 Å². The fourth-order valence-electron chi connectivity index (χ4n) is 2.88. The van der Waals surface area contributed by atoms with Crippen LogP contribution < -0.4 is 11.1 Å². The molecule has 0 radical (unpaired) electrons. The number of nitrogen functional groups attached to an aromatic ring is 1. The van der Waals surface area contributed by atoms with Crippen LogP contribution in [0.4, 0.5) is 20.3 Å². The number of carbonyl (C=O) groups is 1. The van der Waals surface area contributed by atoms with Crippen molar-refractivity contribution < 1.29 is 13.6 Å². The molecule has 4 rings (SSSR count). The minimum absolute atomic E-state index is 0.00348. The second kappa shape index (κ2) is 6.65. The van der Waals surface area contributed by atoms with Gasteiger partial charge in [-0.25, -0.2) is 18.9 Å². The highest BCUT2D eigenvalue weighted by atomic mass is 19.1. The minimum atomic E-state index is -0.615. The number of rotatable bonds is 3. The van der Waals surface area contributed by atoms with Crippen LogP contribution in [0.2, 0.25) is 0 Å². The number of amides is 1. The van der Waals surface area contributed by atoms with Crippen LogP contribution in [0, 0.1) is 18.7 Å². The largest absolute Gasteiger partial charge is 0.381 e. The van der Waals surface area contributed by atoms with Gasteiger partial charge in [-0.05, 0) is 25.1 Å². The van der Waals surface area contributed by atoms with E-state index in [4.69, 9.17) is 5.73 Å². The van der Waals surface area contributed by atoms with Gasteiger partial charge < -0.3 is 11.1 Å². The molecule has 0 saturated carbocycles. The number of halogens is 2. The van der Waals surface area contributed by atoms with E-state index < -0.39 is 17.7 Å². The summed E-state index contributed by atoms with van der Waals surface area (Å²) in [5.74, 6) is -1.90. The lowest BCUT2D eigenvalue weighted by Gasteiger charge is -2.12. The van der Waals surface area contributed by atoms with Crippen molar-refractivity contribution in [2.75, 3.05) is 11.1 Å². The second-order valence-electron chi connectivity index (χ2n) is 5.94. The molecule has 3 N–H and O–H groups in total. The molecule has 0 atom stereocenters. The number of carbonyl (C=O) groups excluding carboxylic acids is 1. The first-order valence-corrected chi connectivity index (χ1v) is 8.12. The van der Waals surface area contributed by atoms with Gasteiger partial charge in [-0.15, -0.1) is 5.10 Å². The van der Waals surface area contributed by atoms with Gasteiger partial charge in [0.1, 0.15) is 5.56 Å². The van der Waals surface area contributed by atoms with E-state index >= 15 is 0 Å². The fraction of sp³-hybridized carbons (Fsp3) is 0.0556. The highest BCUT2D eigenvalue weighted by Gasteiger charge is 2.21. The highest BCUT2D eigenvalue weighted by Crippen LogP contribution is 2.30. The number of fused-ring (bicyclic) bond motifs is 1.